The van der Waals surface area contributed by atoms with Crippen molar-refractivity contribution in [3.05, 3.63) is 54.6 Å². The van der Waals surface area contributed by atoms with Gasteiger partial charge in [0.2, 0.25) is 0 Å². The lowest BCUT2D eigenvalue weighted by atomic mass is 10.0. The van der Waals surface area contributed by atoms with E-state index in [9.17, 15) is 0 Å². The molecule has 0 saturated carbocycles. The Bertz CT molecular complexity index is 504. The Hall–Kier alpha value is -1.80. The Labute approximate surface area is 108 Å². The molecule has 0 spiro atoms. The third kappa shape index (κ3) is 2.39. The Balaban J connectivity index is 1.89. The highest BCUT2D eigenvalue weighted by molar-refractivity contribution is 5.68. The maximum Gasteiger partial charge on any atom is 0.0642 e. The second-order valence-electron chi connectivity index (χ2n) is 4.43. The summed E-state index contributed by atoms with van der Waals surface area (Å²) in [5.41, 5.74) is 3.66. The van der Waals surface area contributed by atoms with E-state index in [0.717, 1.165) is 26.3 Å². The molecule has 1 aliphatic rings. The highest BCUT2D eigenvalue weighted by atomic mass is 16.5. The summed E-state index contributed by atoms with van der Waals surface area (Å²) in [7, 11) is 0. The van der Waals surface area contributed by atoms with Gasteiger partial charge in [-0.1, -0.05) is 42.5 Å². The van der Waals surface area contributed by atoms with Crippen molar-refractivity contribution in [2.75, 3.05) is 31.2 Å². The van der Waals surface area contributed by atoms with Crippen LogP contribution < -0.4 is 4.90 Å². The number of rotatable bonds is 2. The summed E-state index contributed by atoms with van der Waals surface area (Å²) in [5.74, 6) is 0. The van der Waals surface area contributed by atoms with Crippen molar-refractivity contribution in [3.8, 4) is 11.1 Å². The normalized spacial score (nSPS) is 15.7. The molecule has 0 unspecified atom stereocenters. The van der Waals surface area contributed by atoms with Gasteiger partial charge in [0.05, 0.1) is 13.2 Å². The van der Waals surface area contributed by atoms with Crippen molar-refractivity contribution in [2.45, 2.75) is 0 Å². The first-order valence-electron chi connectivity index (χ1n) is 6.33. The van der Waals surface area contributed by atoms with Gasteiger partial charge in [0.25, 0.3) is 0 Å². The van der Waals surface area contributed by atoms with E-state index in [-0.39, 0.29) is 0 Å². The minimum atomic E-state index is 0.809. The van der Waals surface area contributed by atoms with Crippen molar-refractivity contribution in [3.63, 3.8) is 0 Å². The van der Waals surface area contributed by atoms with E-state index in [4.69, 9.17) is 4.74 Å². The first kappa shape index (κ1) is 11.3. The van der Waals surface area contributed by atoms with Gasteiger partial charge >= 0.3 is 0 Å². The minimum absolute atomic E-state index is 0.809. The third-order valence-electron chi connectivity index (χ3n) is 3.25. The van der Waals surface area contributed by atoms with Crippen molar-refractivity contribution in [2.24, 2.45) is 0 Å². The molecule has 2 aromatic rings. The van der Waals surface area contributed by atoms with Gasteiger partial charge in [-0.2, -0.15) is 0 Å². The lowest BCUT2D eigenvalue weighted by Crippen LogP contribution is -2.36. The van der Waals surface area contributed by atoms with Gasteiger partial charge in [-0.25, -0.2) is 0 Å². The van der Waals surface area contributed by atoms with E-state index >= 15 is 0 Å². The number of ether oxygens (including phenoxy) is 1. The zero-order valence-electron chi connectivity index (χ0n) is 10.3. The Morgan fingerprint density at radius 2 is 1.72 bits per heavy atom. The quantitative estimate of drug-likeness (QED) is 0.797. The standard InChI is InChI=1S/C16H16NO/c1-2-5-14(6-3-1)15-7-4-8-16(13-15)17-9-11-18-12-10-17/h1-7,13H,9-12H2. The van der Waals surface area contributed by atoms with Crippen LogP contribution in [0, 0.1) is 6.07 Å². The molecule has 1 radical (unpaired) electrons. The van der Waals surface area contributed by atoms with Crippen LogP contribution in [0.5, 0.6) is 0 Å². The summed E-state index contributed by atoms with van der Waals surface area (Å²) >= 11 is 0. The predicted molar refractivity (Wildman–Crippen MR) is 73.7 cm³/mol. The number of morpholine rings is 1. The van der Waals surface area contributed by atoms with Crippen LogP contribution in [0.1, 0.15) is 0 Å². The van der Waals surface area contributed by atoms with E-state index in [1.807, 2.05) is 12.1 Å². The molecule has 0 aliphatic carbocycles. The molecule has 0 atom stereocenters. The van der Waals surface area contributed by atoms with E-state index in [1.165, 1.54) is 16.8 Å². The number of benzene rings is 2. The SMILES string of the molecule is [c]1ccc(-c2ccccc2)cc1N1CCOCC1. The van der Waals surface area contributed by atoms with Crippen molar-refractivity contribution in [1.82, 2.24) is 0 Å². The summed E-state index contributed by atoms with van der Waals surface area (Å²) in [6.07, 6.45) is 0. The van der Waals surface area contributed by atoms with Crippen LogP contribution in [0.25, 0.3) is 11.1 Å². The van der Waals surface area contributed by atoms with Crippen molar-refractivity contribution >= 4 is 5.69 Å². The van der Waals surface area contributed by atoms with E-state index in [0.29, 0.717) is 0 Å². The van der Waals surface area contributed by atoms with Crippen LogP contribution in [0.4, 0.5) is 5.69 Å². The second kappa shape index (κ2) is 5.23. The smallest absolute Gasteiger partial charge is 0.0642 e. The molecule has 0 aromatic heterocycles. The van der Waals surface area contributed by atoms with Crippen LogP contribution >= 0.6 is 0 Å². The molecule has 2 heteroatoms. The molecule has 1 saturated heterocycles. The van der Waals surface area contributed by atoms with E-state index in [2.05, 4.69) is 47.4 Å². The molecular weight excluding hydrogens is 222 g/mol. The van der Waals surface area contributed by atoms with Crippen LogP contribution in [0.2, 0.25) is 0 Å². The van der Waals surface area contributed by atoms with Crippen molar-refractivity contribution < 1.29 is 4.74 Å². The molecule has 3 rings (SSSR count). The lowest BCUT2D eigenvalue weighted by Gasteiger charge is -2.28. The van der Waals surface area contributed by atoms with Gasteiger partial charge in [0.15, 0.2) is 0 Å². The van der Waals surface area contributed by atoms with Crippen molar-refractivity contribution in [1.29, 1.82) is 0 Å². The van der Waals surface area contributed by atoms with Crippen LogP contribution in [-0.4, -0.2) is 26.3 Å². The fraction of sp³-hybridized carbons (Fsp3) is 0.250. The Morgan fingerprint density at radius 3 is 2.50 bits per heavy atom. The van der Waals surface area contributed by atoms with Gasteiger partial charge in [-0.15, -0.1) is 0 Å². The number of hydrogen-bond donors (Lipinski definition) is 0. The highest BCUT2D eigenvalue weighted by Gasteiger charge is 2.11. The predicted octanol–water partition coefficient (Wildman–Crippen LogP) is 2.99. The molecule has 1 heterocycles. The summed E-state index contributed by atoms with van der Waals surface area (Å²) in [6, 6.07) is 20.1. The molecule has 0 N–H and O–H groups in total. The first-order valence-corrected chi connectivity index (χ1v) is 6.33. The van der Waals surface area contributed by atoms with Gasteiger partial charge in [0.1, 0.15) is 0 Å². The summed E-state index contributed by atoms with van der Waals surface area (Å²) < 4.78 is 5.38. The van der Waals surface area contributed by atoms with Crippen LogP contribution in [0.3, 0.4) is 0 Å². The fourth-order valence-electron chi connectivity index (χ4n) is 2.25. The summed E-state index contributed by atoms with van der Waals surface area (Å²) in [5, 5.41) is 0. The van der Waals surface area contributed by atoms with E-state index < -0.39 is 0 Å². The molecule has 2 aromatic carbocycles. The van der Waals surface area contributed by atoms with Gasteiger partial charge in [0, 0.05) is 24.8 Å². The highest BCUT2D eigenvalue weighted by Crippen LogP contribution is 2.24. The minimum Gasteiger partial charge on any atom is -0.378 e. The Morgan fingerprint density at radius 1 is 0.944 bits per heavy atom. The molecule has 1 fully saturated rings. The number of anilines is 1. The maximum absolute atomic E-state index is 5.38. The third-order valence-corrected chi connectivity index (χ3v) is 3.25. The zero-order chi connectivity index (χ0) is 12.2. The molecule has 18 heavy (non-hydrogen) atoms. The van der Waals surface area contributed by atoms with Crippen LogP contribution in [-0.2, 0) is 4.74 Å². The molecule has 2 nitrogen and oxygen atoms in total. The lowest BCUT2D eigenvalue weighted by molar-refractivity contribution is 0.122. The topological polar surface area (TPSA) is 12.5 Å². The molecular formula is C16H16NO. The van der Waals surface area contributed by atoms with E-state index in [1.54, 1.807) is 0 Å². The molecule has 0 amide bonds. The van der Waals surface area contributed by atoms with Crippen LogP contribution in [0.15, 0.2) is 48.5 Å². The second-order valence-corrected chi connectivity index (χ2v) is 4.43. The zero-order valence-corrected chi connectivity index (χ0v) is 10.3. The maximum atomic E-state index is 5.38. The molecule has 91 valence electrons. The average Bonchev–Trinajstić information content (AvgIpc) is 2.49. The van der Waals surface area contributed by atoms with Gasteiger partial charge in [-0.05, 0) is 17.2 Å². The molecule has 0 bridgehead atoms. The summed E-state index contributed by atoms with van der Waals surface area (Å²) in [6.45, 7) is 3.52. The van der Waals surface area contributed by atoms with Gasteiger partial charge in [-0.3, -0.25) is 0 Å². The first-order chi connectivity index (χ1) is 8.93. The average molecular weight is 238 g/mol. The Kier molecular flexibility index (Phi) is 3.29. The largest absolute Gasteiger partial charge is 0.378 e. The molecule has 1 aliphatic heterocycles. The monoisotopic (exact) mass is 238 g/mol. The fourth-order valence-corrected chi connectivity index (χ4v) is 2.25. The summed E-state index contributed by atoms with van der Waals surface area (Å²) in [4.78, 5) is 2.33. The number of hydrogen-bond acceptors (Lipinski definition) is 2. The number of nitrogens with zero attached hydrogens (tertiary/aromatic N) is 1. The van der Waals surface area contributed by atoms with Gasteiger partial charge < -0.3 is 9.64 Å².